The van der Waals surface area contributed by atoms with Gasteiger partial charge in [0.25, 0.3) is 9.05 Å². The van der Waals surface area contributed by atoms with E-state index in [0.29, 0.717) is 17.7 Å². The number of rotatable bonds is 5. The lowest BCUT2D eigenvalue weighted by molar-refractivity contribution is -0.386. The van der Waals surface area contributed by atoms with Gasteiger partial charge in [-0.2, -0.15) is 0 Å². The number of nitrogens with zero attached hydrogens (tertiary/aromatic N) is 1. The minimum absolute atomic E-state index is 0.0336. The molecule has 0 N–H and O–H groups in total. The summed E-state index contributed by atoms with van der Waals surface area (Å²) in [5, 5.41) is 11.0. The molecule has 0 aliphatic carbocycles. The quantitative estimate of drug-likeness (QED) is 0.471. The third-order valence-corrected chi connectivity index (χ3v) is 4.05. The fraction of sp³-hybridized carbons (Fsp3) is 0.0769. The summed E-state index contributed by atoms with van der Waals surface area (Å²) in [7, 11) is 0.598. The van der Waals surface area contributed by atoms with Crippen LogP contribution in [0.1, 0.15) is 5.56 Å². The maximum Gasteiger partial charge on any atom is 0.312 e. The molecule has 0 unspecified atom stereocenters. The van der Waals surface area contributed by atoms with E-state index >= 15 is 0 Å². The van der Waals surface area contributed by atoms with E-state index in [9.17, 15) is 22.9 Å². The second-order valence-electron chi connectivity index (χ2n) is 4.22. The summed E-state index contributed by atoms with van der Waals surface area (Å²) in [6.07, 6.45) is 0. The van der Waals surface area contributed by atoms with Crippen LogP contribution in [0.2, 0.25) is 0 Å². The zero-order valence-electron chi connectivity index (χ0n) is 10.9. The van der Waals surface area contributed by atoms with Crippen molar-refractivity contribution in [3.8, 4) is 5.75 Å². The van der Waals surface area contributed by atoms with Crippen molar-refractivity contribution in [3.63, 3.8) is 0 Å². The maximum absolute atomic E-state index is 13.7. The lowest BCUT2D eigenvalue weighted by Gasteiger charge is -2.08. The van der Waals surface area contributed by atoms with Gasteiger partial charge in [0, 0.05) is 22.8 Å². The Hall–Kier alpha value is -2.19. The van der Waals surface area contributed by atoms with Crippen molar-refractivity contribution >= 4 is 25.4 Å². The lowest BCUT2D eigenvalue weighted by Crippen LogP contribution is -2.03. The van der Waals surface area contributed by atoms with Gasteiger partial charge in [0.2, 0.25) is 0 Å². The highest BCUT2D eigenvalue weighted by molar-refractivity contribution is 8.13. The van der Waals surface area contributed by atoms with Crippen LogP contribution in [0.3, 0.4) is 0 Å². The van der Waals surface area contributed by atoms with Crippen molar-refractivity contribution < 1.29 is 22.5 Å². The minimum atomic E-state index is -4.44. The van der Waals surface area contributed by atoms with Crippen molar-refractivity contribution in [1.29, 1.82) is 0 Å². The molecule has 9 heteroatoms. The van der Waals surface area contributed by atoms with Gasteiger partial charge < -0.3 is 4.74 Å². The second-order valence-corrected chi connectivity index (χ2v) is 6.75. The first-order valence-corrected chi connectivity index (χ1v) is 8.19. The van der Waals surface area contributed by atoms with Gasteiger partial charge in [-0.15, -0.1) is 0 Å². The van der Waals surface area contributed by atoms with E-state index in [-0.39, 0.29) is 12.4 Å². The largest absolute Gasteiger partial charge is 0.482 e. The molecule has 2 aromatic rings. The number of benzene rings is 2. The Morgan fingerprint density at radius 3 is 2.41 bits per heavy atom. The number of hydrogen-bond acceptors (Lipinski definition) is 5. The molecule has 0 heterocycles. The number of nitro groups is 1. The summed E-state index contributed by atoms with van der Waals surface area (Å²) in [6, 6.07) is 9.90. The summed E-state index contributed by atoms with van der Waals surface area (Å²) in [5.74, 6) is -1.60. The highest BCUT2D eigenvalue weighted by atomic mass is 35.7. The molecule has 0 saturated carbocycles. The monoisotopic (exact) mass is 345 g/mol. The Labute approximate surface area is 129 Å². The molecule has 0 amide bonds. The Balaban J connectivity index is 2.39. The maximum atomic E-state index is 13.7. The van der Waals surface area contributed by atoms with Gasteiger partial charge >= 0.3 is 5.69 Å². The average Bonchev–Trinajstić information content (AvgIpc) is 2.44. The standard InChI is InChI=1S/C13H9ClFNO5S/c14-22(19,20)13-7-11(16(17)18)12(6-10(13)15)21-8-9-4-2-1-3-5-9/h1-7H,8H2. The molecule has 0 radical (unpaired) electrons. The van der Waals surface area contributed by atoms with Crippen LogP contribution in [-0.4, -0.2) is 13.3 Å². The minimum Gasteiger partial charge on any atom is -0.482 e. The molecule has 0 aliphatic heterocycles. The zero-order chi connectivity index (χ0) is 16.3. The predicted octanol–water partition coefficient (Wildman–Crippen LogP) is 3.24. The molecule has 0 spiro atoms. The van der Waals surface area contributed by atoms with Crippen molar-refractivity contribution in [2.45, 2.75) is 11.5 Å². The number of hydrogen-bond donors (Lipinski definition) is 0. The van der Waals surface area contributed by atoms with Crippen molar-refractivity contribution in [3.05, 3.63) is 64.0 Å². The van der Waals surface area contributed by atoms with E-state index in [1.54, 1.807) is 30.3 Å². The third-order valence-electron chi connectivity index (χ3n) is 2.71. The first kappa shape index (κ1) is 16.2. The van der Waals surface area contributed by atoms with E-state index in [4.69, 9.17) is 15.4 Å². The third kappa shape index (κ3) is 3.71. The smallest absolute Gasteiger partial charge is 0.312 e. The van der Waals surface area contributed by atoms with Gasteiger partial charge in [-0.05, 0) is 5.56 Å². The first-order valence-electron chi connectivity index (χ1n) is 5.88. The molecule has 0 aliphatic rings. The second kappa shape index (κ2) is 6.29. The van der Waals surface area contributed by atoms with Gasteiger partial charge in [0.15, 0.2) is 5.75 Å². The summed E-state index contributed by atoms with van der Waals surface area (Å²) < 4.78 is 41.3. The molecule has 0 aromatic heterocycles. The van der Waals surface area contributed by atoms with E-state index in [1.807, 2.05) is 0 Å². The summed E-state index contributed by atoms with van der Waals surface area (Å²) in [6.45, 7) is -0.0336. The van der Waals surface area contributed by atoms with Gasteiger partial charge in [-0.3, -0.25) is 10.1 Å². The Bertz CT molecular complexity index is 811. The number of nitro benzene ring substituents is 1. The molecule has 2 rings (SSSR count). The molecule has 116 valence electrons. The van der Waals surface area contributed by atoms with E-state index < -0.39 is 30.4 Å². The SMILES string of the molecule is O=[N+]([O-])c1cc(S(=O)(=O)Cl)c(F)cc1OCc1ccccc1. The highest BCUT2D eigenvalue weighted by Gasteiger charge is 2.25. The molecule has 22 heavy (non-hydrogen) atoms. The molecular formula is C13H9ClFNO5S. The topological polar surface area (TPSA) is 86.5 Å². The van der Waals surface area contributed by atoms with E-state index in [1.165, 1.54) is 0 Å². The number of halogens is 2. The molecule has 0 fully saturated rings. The summed E-state index contributed by atoms with van der Waals surface area (Å²) in [4.78, 5) is 9.15. The fourth-order valence-corrected chi connectivity index (χ4v) is 2.60. The van der Waals surface area contributed by atoms with Crippen LogP contribution in [0.5, 0.6) is 5.75 Å². The average molecular weight is 346 g/mol. The van der Waals surface area contributed by atoms with Crippen LogP contribution in [0.15, 0.2) is 47.4 Å². The van der Waals surface area contributed by atoms with Gasteiger partial charge in [-0.1, -0.05) is 30.3 Å². The summed E-state index contributed by atoms with van der Waals surface area (Å²) >= 11 is 0. The van der Waals surface area contributed by atoms with E-state index in [2.05, 4.69) is 0 Å². The summed E-state index contributed by atoms with van der Waals surface area (Å²) in [5.41, 5.74) is 0.0304. The molecule has 2 aromatic carbocycles. The van der Waals surface area contributed by atoms with Crippen LogP contribution in [0.4, 0.5) is 10.1 Å². The van der Waals surface area contributed by atoms with Crippen LogP contribution in [0.25, 0.3) is 0 Å². The zero-order valence-corrected chi connectivity index (χ0v) is 12.5. The molecule has 6 nitrogen and oxygen atoms in total. The fourth-order valence-electron chi connectivity index (χ4n) is 1.70. The Kier molecular flexibility index (Phi) is 4.62. The first-order chi connectivity index (χ1) is 10.3. The lowest BCUT2D eigenvalue weighted by atomic mass is 10.2. The Morgan fingerprint density at radius 2 is 1.86 bits per heavy atom. The molecular weight excluding hydrogens is 337 g/mol. The Morgan fingerprint density at radius 1 is 1.23 bits per heavy atom. The molecule has 0 atom stereocenters. The van der Waals surface area contributed by atoms with Crippen molar-refractivity contribution in [2.75, 3.05) is 0 Å². The van der Waals surface area contributed by atoms with Crippen LogP contribution >= 0.6 is 10.7 Å². The van der Waals surface area contributed by atoms with Gasteiger partial charge in [-0.25, -0.2) is 12.8 Å². The van der Waals surface area contributed by atoms with Crippen molar-refractivity contribution in [2.24, 2.45) is 0 Å². The van der Waals surface area contributed by atoms with Crippen LogP contribution < -0.4 is 4.74 Å². The van der Waals surface area contributed by atoms with Crippen LogP contribution in [-0.2, 0) is 15.7 Å². The predicted molar refractivity (Wildman–Crippen MR) is 76.9 cm³/mol. The van der Waals surface area contributed by atoms with E-state index in [0.717, 1.165) is 0 Å². The number of ether oxygens (including phenoxy) is 1. The van der Waals surface area contributed by atoms with Crippen molar-refractivity contribution in [1.82, 2.24) is 0 Å². The molecule has 0 saturated heterocycles. The van der Waals surface area contributed by atoms with Gasteiger partial charge in [0.05, 0.1) is 4.92 Å². The van der Waals surface area contributed by atoms with Crippen LogP contribution in [0, 0.1) is 15.9 Å². The highest BCUT2D eigenvalue weighted by Crippen LogP contribution is 2.33. The molecule has 0 bridgehead atoms. The van der Waals surface area contributed by atoms with Gasteiger partial charge in [0.1, 0.15) is 17.3 Å². The normalized spacial score (nSPS) is 11.2.